The van der Waals surface area contributed by atoms with Gasteiger partial charge in [-0.05, 0) is 36.2 Å². The highest BCUT2D eigenvalue weighted by molar-refractivity contribution is 6.30. The average molecular weight is 334 g/mol. The lowest BCUT2D eigenvalue weighted by Gasteiger charge is -2.08. The number of amides is 1. The van der Waals surface area contributed by atoms with Crippen LogP contribution in [0, 0.1) is 0 Å². The molecule has 122 valence electrons. The second-order valence-corrected chi connectivity index (χ2v) is 5.42. The van der Waals surface area contributed by atoms with E-state index in [-0.39, 0.29) is 5.91 Å². The van der Waals surface area contributed by atoms with Gasteiger partial charge in [0, 0.05) is 25.2 Å². The summed E-state index contributed by atoms with van der Waals surface area (Å²) in [4.78, 5) is 16.0. The molecule has 0 radical (unpaired) electrons. The Kier molecular flexibility index (Phi) is 6.84. The summed E-state index contributed by atoms with van der Waals surface area (Å²) in [5.74, 6) is -0.201. The van der Waals surface area contributed by atoms with Crippen molar-refractivity contribution in [2.45, 2.75) is 6.42 Å². The van der Waals surface area contributed by atoms with Gasteiger partial charge in [0.05, 0.1) is 18.5 Å². The Balaban J connectivity index is 1.79. The average Bonchev–Trinajstić information content (AvgIpc) is 2.56. The summed E-state index contributed by atoms with van der Waals surface area (Å²) in [5, 5.41) is 6.75. The van der Waals surface area contributed by atoms with Crippen LogP contribution in [0.3, 0.4) is 0 Å². The molecule has 0 saturated carbocycles. The predicted octanol–water partition coefficient (Wildman–Crippen LogP) is 2.77. The number of pyridine rings is 1. The second-order valence-electron chi connectivity index (χ2n) is 4.99. The molecule has 0 fully saturated rings. The molecule has 0 saturated heterocycles. The van der Waals surface area contributed by atoms with Crippen LogP contribution in [0.25, 0.3) is 0 Å². The third-order valence-electron chi connectivity index (χ3n) is 3.22. The molecule has 2 rings (SSSR count). The number of methoxy groups -OCH3 is 1. The lowest BCUT2D eigenvalue weighted by molar-refractivity contribution is 0.0932. The van der Waals surface area contributed by atoms with Crippen LogP contribution < -0.4 is 10.6 Å². The Morgan fingerprint density at radius 3 is 2.83 bits per heavy atom. The quantitative estimate of drug-likeness (QED) is 0.729. The number of hydrogen-bond donors (Lipinski definition) is 2. The molecular formula is C17H20ClN3O2. The number of carbonyl (C=O) groups excluding carboxylic acids is 1. The summed E-state index contributed by atoms with van der Waals surface area (Å²) in [6, 6.07) is 11.3. The van der Waals surface area contributed by atoms with Crippen molar-refractivity contribution in [3.05, 3.63) is 58.9 Å². The van der Waals surface area contributed by atoms with Crippen LogP contribution in [-0.2, 0) is 11.2 Å². The van der Waals surface area contributed by atoms with Crippen molar-refractivity contribution in [2.24, 2.45) is 0 Å². The maximum Gasteiger partial charge on any atom is 0.269 e. The van der Waals surface area contributed by atoms with E-state index in [1.807, 2.05) is 30.3 Å². The van der Waals surface area contributed by atoms with Crippen LogP contribution in [0.15, 0.2) is 42.6 Å². The van der Waals surface area contributed by atoms with E-state index < -0.39 is 0 Å². The smallest absolute Gasteiger partial charge is 0.269 e. The summed E-state index contributed by atoms with van der Waals surface area (Å²) in [6.45, 7) is 1.72. The number of benzene rings is 1. The molecule has 0 atom stereocenters. The van der Waals surface area contributed by atoms with E-state index in [0.29, 0.717) is 18.8 Å². The molecule has 1 heterocycles. The molecule has 0 aliphatic carbocycles. The van der Waals surface area contributed by atoms with E-state index in [9.17, 15) is 4.79 Å². The molecule has 5 nitrogen and oxygen atoms in total. The van der Waals surface area contributed by atoms with Gasteiger partial charge in [-0.1, -0.05) is 23.7 Å². The fourth-order valence-electron chi connectivity index (χ4n) is 2.03. The van der Waals surface area contributed by atoms with Gasteiger partial charge in [-0.15, -0.1) is 0 Å². The van der Waals surface area contributed by atoms with Crippen molar-refractivity contribution in [3.63, 3.8) is 0 Å². The van der Waals surface area contributed by atoms with Crippen molar-refractivity contribution in [1.82, 2.24) is 10.3 Å². The monoisotopic (exact) mass is 333 g/mol. The Morgan fingerprint density at radius 2 is 2.13 bits per heavy atom. The zero-order valence-corrected chi connectivity index (χ0v) is 13.8. The van der Waals surface area contributed by atoms with Gasteiger partial charge in [0.25, 0.3) is 5.91 Å². The van der Waals surface area contributed by atoms with Gasteiger partial charge in [-0.3, -0.25) is 4.79 Å². The fourth-order valence-corrected chi connectivity index (χ4v) is 2.25. The zero-order chi connectivity index (χ0) is 16.5. The van der Waals surface area contributed by atoms with Crippen molar-refractivity contribution >= 4 is 23.2 Å². The highest BCUT2D eigenvalue weighted by atomic mass is 35.5. The number of halogens is 1. The first-order valence-corrected chi connectivity index (χ1v) is 7.78. The van der Waals surface area contributed by atoms with Gasteiger partial charge in [-0.2, -0.15) is 0 Å². The second kappa shape index (κ2) is 9.12. The van der Waals surface area contributed by atoms with Crippen LogP contribution in [0.2, 0.25) is 5.02 Å². The molecule has 1 aromatic carbocycles. The number of rotatable bonds is 8. The SMILES string of the molecule is COCCNC(=O)c1ccc(NCCc2cccc(Cl)c2)cn1. The standard InChI is InChI=1S/C17H20ClN3O2/c1-23-10-9-20-17(22)16-6-5-15(12-21-16)19-8-7-13-3-2-4-14(18)11-13/h2-6,11-12,19H,7-10H2,1H3,(H,20,22). The molecule has 2 aromatic rings. The molecule has 0 bridgehead atoms. The number of ether oxygens (including phenoxy) is 1. The first-order valence-electron chi connectivity index (χ1n) is 7.40. The topological polar surface area (TPSA) is 63.2 Å². The Bertz CT molecular complexity index is 632. The van der Waals surface area contributed by atoms with Gasteiger partial charge in [-0.25, -0.2) is 4.98 Å². The maximum absolute atomic E-state index is 11.8. The first kappa shape index (κ1) is 17.2. The largest absolute Gasteiger partial charge is 0.383 e. The van der Waals surface area contributed by atoms with E-state index in [1.54, 1.807) is 19.4 Å². The Hall–Kier alpha value is -2.11. The van der Waals surface area contributed by atoms with E-state index in [2.05, 4.69) is 15.6 Å². The number of anilines is 1. The van der Waals surface area contributed by atoms with Crippen molar-refractivity contribution in [2.75, 3.05) is 32.1 Å². The minimum atomic E-state index is -0.201. The number of nitrogens with zero attached hydrogens (tertiary/aromatic N) is 1. The summed E-state index contributed by atoms with van der Waals surface area (Å²) in [5.41, 5.74) is 2.44. The van der Waals surface area contributed by atoms with Crippen LogP contribution in [0.4, 0.5) is 5.69 Å². The third-order valence-corrected chi connectivity index (χ3v) is 3.45. The van der Waals surface area contributed by atoms with E-state index in [1.165, 1.54) is 5.56 Å². The fraction of sp³-hybridized carbons (Fsp3) is 0.294. The number of hydrogen-bond acceptors (Lipinski definition) is 4. The zero-order valence-electron chi connectivity index (χ0n) is 13.0. The van der Waals surface area contributed by atoms with Crippen LogP contribution >= 0.6 is 11.6 Å². The van der Waals surface area contributed by atoms with Gasteiger partial charge >= 0.3 is 0 Å². The van der Waals surface area contributed by atoms with Gasteiger partial charge in [0.1, 0.15) is 5.69 Å². The van der Waals surface area contributed by atoms with Gasteiger partial charge in [0.15, 0.2) is 0 Å². The van der Waals surface area contributed by atoms with Crippen molar-refractivity contribution in [3.8, 4) is 0 Å². The minimum Gasteiger partial charge on any atom is -0.383 e. The Labute approximate surface area is 141 Å². The highest BCUT2D eigenvalue weighted by Crippen LogP contribution is 2.12. The molecule has 0 unspecified atom stereocenters. The third kappa shape index (κ3) is 5.88. The number of aromatic nitrogens is 1. The van der Waals surface area contributed by atoms with Crippen LogP contribution in [-0.4, -0.2) is 37.7 Å². The molecule has 0 aliphatic rings. The molecule has 0 aliphatic heterocycles. The number of nitrogens with one attached hydrogen (secondary N) is 2. The lowest BCUT2D eigenvalue weighted by atomic mass is 10.1. The summed E-state index contributed by atoms with van der Waals surface area (Å²) in [6.07, 6.45) is 2.52. The molecular weight excluding hydrogens is 314 g/mol. The summed E-state index contributed by atoms with van der Waals surface area (Å²) in [7, 11) is 1.59. The maximum atomic E-state index is 11.8. The normalized spacial score (nSPS) is 10.3. The van der Waals surface area contributed by atoms with Crippen molar-refractivity contribution < 1.29 is 9.53 Å². The Morgan fingerprint density at radius 1 is 1.26 bits per heavy atom. The molecule has 1 aromatic heterocycles. The summed E-state index contributed by atoms with van der Waals surface area (Å²) < 4.78 is 4.88. The summed E-state index contributed by atoms with van der Waals surface area (Å²) >= 11 is 5.96. The van der Waals surface area contributed by atoms with E-state index >= 15 is 0 Å². The van der Waals surface area contributed by atoms with E-state index in [0.717, 1.165) is 23.7 Å². The van der Waals surface area contributed by atoms with Crippen LogP contribution in [0.1, 0.15) is 16.1 Å². The number of carbonyl (C=O) groups is 1. The van der Waals surface area contributed by atoms with Crippen molar-refractivity contribution in [1.29, 1.82) is 0 Å². The molecule has 2 N–H and O–H groups in total. The molecule has 6 heteroatoms. The van der Waals surface area contributed by atoms with E-state index in [4.69, 9.17) is 16.3 Å². The van der Waals surface area contributed by atoms with Gasteiger partial charge in [0.2, 0.25) is 0 Å². The predicted molar refractivity (Wildman–Crippen MR) is 92.1 cm³/mol. The highest BCUT2D eigenvalue weighted by Gasteiger charge is 2.06. The first-order chi connectivity index (χ1) is 11.2. The van der Waals surface area contributed by atoms with Crippen LogP contribution in [0.5, 0.6) is 0 Å². The minimum absolute atomic E-state index is 0.201. The molecule has 23 heavy (non-hydrogen) atoms. The lowest BCUT2D eigenvalue weighted by Crippen LogP contribution is -2.27. The molecule has 0 spiro atoms. The molecule has 1 amide bonds. The van der Waals surface area contributed by atoms with Gasteiger partial charge < -0.3 is 15.4 Å².